The van der Waals surface area contributed by atoms with E-state index in [1.165, 1.54) is 4.68 Å². The van der Waals surface area contributed by atoms with Crippen molar-refractivity contribution in [3.8, 4) is 34.4 Å². The molecule has 0 atom stereocenters. The third-order valence-corrected chi connectivity index (χ3v) is 5.06. The van der Waals surface area contributed by atoms with Crippen LogP contribution < -0.4 is 10.3 Å². The minimum absolute atomic E-state index is 0.234. The number of hydrogen-bond acceptors (Lipinski definition) is 6. The zero-order valence-electron chi connectivity index (χ0n) is 16.9. The van der Waals surface area contributed by atoms with E-state index in [1.807, 2.05) is 49.4 Å². The molecule has 0 bridgehead atoms. The van der Waals surface area contributed by atoms with Crippen molar-refractivity contribution in [3.05, 3.63) is 88.7 Å². The Hall–Kier alpha value is -4.26. The van der Waals surface area contributed by atoms with Gasteiger partial charge in [-0.05, 0) is 37.3 Å². The molecule has 2 heterocycles. The minimum Gasteiger partial charge on any atom is -0.497 e. The molecule has 152 valence electrons. The van der Waals surface area contributed by atoms with Crippen molar-refractivity contribution in [2.24, 2.45) is 0 Å². The summed E-state index contributed by atoms with van der Waals surface area (Å²) < 4.78 is 12.1. The van der Waals surface area contributed by atoms with Crippen LogP contribution in [0.5, 0.6) is 5.75 Å². The van der Waals surface area contributed by atoms with Crippen LogP contribution in [0, 0.1) is 6.92 Å². The largest absolute Gasteiger partial charge is 0.497 e. The monoisotopic (exact) mass is 410 g/mol. The van der Waals surface area contributed by atoms with Crippen LogP contribution in [-0.2, 0) is 0 Å². The van der Waals surface area contributed by atoms with Gasteiger partial charge < -0.3 is 9.26 Å². The lowest BCUT2D eigenvalue weighted by Gasteiger charge is -2.09. The van der Waals surface area contributed by atoms with E-state index in [4.69, 9.17) is 9.26 Å². The molecule has 5 aromatic rings. The number of fused-ring (bicyclic) bond motifs is 1. The Morgan fingerprint density at radius 2 is 1.61 bits per heavy atom. The van der Waals surface area contributed by atoms with Gasteiger partial charge in [0.2, 0.25) is 5.82 Å². The van der Waals surface area contributed by atoms with Crippen LogP contribution >= 0.6 is 0 Å². The topological polar surface area (TPSA) is 83.0 Å². The number of methoxy groups -OCH3 is 1. The lowest BCUT2D eigenvalue weighted by Crippen LogP contribution is -2.22. The SMILES string of the molecule is COc1ccc(-n2nc(-c3nc(-c4ccc(C)cc4)no3)c3ccccc3c2=O)cc1. The second kappa shape index (κ2) is 7.53. The van der Waals surface area contributed by atoms with Gasteiger partial charge in [-0.1, -0.05) is 53.2 Å². The molecule has 3 aromatic carbocycles. The fourth-order valence-electron chi connectivity index (χ4n) is 3.39. The predicted octanol–water partition coefficient (Wildman–Crippen LogP) is 4.42. The first-order valence-corrected chi connectivity index (χ1v) is 9.71. The van der Waals surface area contributed by atoms with Crippen molar-refractivity contribution in [2.45, 2.75) is 6.92 Å². The van der Waals surface area contributed by atoms with Gasteiger partial charge in [0.15, 0.2) is 5.69 Å². The van der Waals surface area contributed by atoms with Crippen LogP contribution in [0.3, 0.4) is 0 Å². The highest BCUT2D eigenvalue weighted by Crippen LogP contribution is 2.27. The van der Waals surface area contributed by atoms with E-state index in [2.05, 4.69) is 15.2 Å². The van der Waals surface area contributed by atoms with E-state index in [1.54, 1.807) is 37.4 Å². The van der Waals surface area contributed by atoms with Crippen LogP contribution in [0.4, 0.5) is 0 Å². The molecule has 31 heavy (non-hydrogen) atoms. The maximum Gasteiger partial charge on any atom is 0.279 e. The van der Waals surface area contributed by atoms with Crippen molar-refractivity contribution in [1.29, 1.82) is 0 Å². The molecule has 0 amide bonds. The summed E-state index contributed by atoms with van der Waals surface area (Å²) in [7, 11) is 1.59. The normalized spacial score (nSPS) is 11.0. The predicted molar refractivity (Wildman–Crippen MR) is 117 cm³/mol. The van der Waals surface area contributed by atoms with Gasteiger partial charge in [0, 0.05) is 10.9 Å². The number of aryl methyl sites for hydroxylation is 1. The van der Waals surface area contributed by atoms with Gasteiger partial charge in [0.25, 0.3) is 11.4 Å². The first kappa shape index (κ1) is 18.7. The highest BCUT2D eigenvalue weighted by Gasteiger charge is 2.19. The summed E-state index contributed by atoms with van der Waals surface area (Å²) in [5.41, 5.74) is 2.80. The van der Waals surface area contributed by atoms with Crippen molar-refractivity contribution in [2.75, 3.05) is 7.11 Å². The standard InChI is InChI=1S/C24H18N4O3/c1-15-7-9-16(10-8-15)22-25-23(31-27-22)21-19-5-3-4-6-20(19)24(29)28(26-21)17-11-13-18(30-2)14-12-17/h3-14H,1-2H3. The van der Waals surface area contributed by atoms with Gasteiger partial charge in [-0.2, -0.15) is 14.8 Å². The number of hydrogen-bond donors (Lipinski definition) is 0. The zero-order valence-corrected chi connectivity index (χ0v) is 16.9. The van der Waals surface area contributed by atoms with E-state index in [9.17, 15) is 4.79 Å². The van der Waals surface area contributed by atoms with Crippen molar-refractivity contribution < 1.29 is 9.26 Å². The summed E-state index contributed by atoms with van der Waals surface area (Å²) in [5.74, 6) is 1.40. The number of ether oxygens (including phenoxy) is 1. The number of nitrogens with zero attached hydrogens (tertiary/aromatic N) is 4. The Kier molecular flexibility index (Phi) is 4.55. The quantitative estimate of drug-likeness (QED) is 0.436. The second-order valence-electron chi connectivity index (χ2n) is 7.10. The Morgan fingerprint density at radius 1 is 0.903 bits per heavy atom. The molecule has 0 unspecified atom stereocenters. The lowest BCUT2D eigenvalue weighted by atomic mass is 10.1. The molecule has 0 spiro atoms. The van der Waals surface area contributed by atoms with E-state index < -0.39 is 0 Å². The maximum atomic E-state index is 13.1. The molecular weight excluding hydrogens is 392 g/mol. The molecule has 0 radical (unpaired) electrons. The summed E-state index contributed by atoms with van der Waals surface area (Å²) in [5, 5.41) is 9.86. The number of aromatic nitrogens is 4. The highest BCUT2D eigenvalue weighted by molar-refractivity contribution is 5.92. The first-order valence-electron chi connectivity index (χ1n) is 9.71. The summed E-state index contributed by atoms with van der Waals surface area (Å²) in [6.07, 6.45) is 0. The van der Waals surface area contributed by atoms with Crippen molar-refractivity contribution in [3.63, 3.8) is 0 Å². The lowest BCUT2D eigenvalue weighted by molar-refractivity contribution is 0.414. The highest BCUT2D eigenvalue weighted by atomic mass is 16.5. The molecule has 0 aliphatic carbocycles. The number of benzene rings is 3. The fraction of sp³-hybridized carbons (Fsp3) is 0.0833. The zero-order chi connectivity index (χ0) is 21.4. The van der Waals surface area contributed by atoms with Crippen LogP contribution in [-0.4, -0.2) is 27.0 Å². The summed E-state index contributed by atoms with van der Waals surface area (Å²) >= 11 is 0. The van der Waals surface area contributed by atoms with E-state index in [0.717, 1.165) is 11.1 Å². The van der Waals surface area contributed by atoms with Gasteiger partial charge in [-0.15, -0.1) is 0 Å². The van der Waals surface area contributed by atoms with Gasteiger partial charge in [-0.25, -0.2) is 0 Å². The third-order valence-electron chi connectivity index (χ3n) is 5.06. The number of rotatable bonds is 4. The summed E-state index contributed by atoms with van der Waals surface area (Å²) in [4.78, 5) is 17.7. The molecule has 0 N–H and O–H groups in total. The van der Waals surface area contributed by atoms with Crippen molar-refractivity contribution >= 4 is 10.8 Å². The molecule has 7 heteroatoms. The molecule has 0 fully saturated rings. The average molecular weight is 410 g/mol. The molecule has 0 saturated heterocycles. The maximum absolute atomic E-state index is 13.1. The fourth-order valence-corrected chi connectivity index (χ4v) is 3.39. The summed E-state index contributed by atoms with van der Waals surface area (Å²) in [6.45, 7) is 2.02. The summed E-state index contributed by atoms with van der Waals surface area (Å²) in [6, 6.07) is 22.2. The molecule has 0 aliphatic rings. The molecule has 5 rings (SSSR count). The van der Waals surface area contributed by atoms with Gasteiger partial charge in [0.05, 0.1) is 18.2 Å². The molecule has 0 saturated carbocycles. The van der Waals surface area contributed by atoms with Crippen molar-refractivity contribution in [1.82, 2.24) is 19.9 Å². The molecule has 2 aromatic heterocycles. The van der Waals surface area contributed by atoms with E-state index >= 15 is 0 Å². The molecule has 7 nitrogen and oxygen atoms in total. The van der Waals surface area contributed by atoms with Crippen LogP contribution in [0.2, 0.25) is 0 Å². The Morgan fingerprint density at radius 3 is 2.32 bits per heavy atom. The van der Waals surface area contributed by atoms with Crippen LogP contribution in [0.1, 0.15) is 5.56 Å². The average Bonchev–Trinajstić information content (AvgIpc) is 3.30. The minimum atomic E-state index is -0.234. The third kappa shape index (κ3) is 3.36. The molecule has 0 aliphatic heterocycles. The smallest absolute Gasteiger partial charge is 0.279 e. The molecular formula is C24H18N4O3. The van der Waals surface area contributed by atoms with Crippen LogP contribution in [0.25, 0.3) is 39.4 Å². The first-order chi connectivity index (χ1) is 15.1. The van der Waals surface area contributed by atoms with Gasteiger partial charge in [-0.3, -0.25) is 4.79 Å². The Balaban J connectivity index is 1.69. The second-order valence-corrected chi connectivity index (χ2v) is 7.10. The van der Waals surface area contributed by atoms with E-state index in [-0.39, 0.29) is 11.4 Å². The Bertz CT molecular complexity index is 1430. The Labute approximate surface area is 177 Å². The van der Waals surface area contributed by atoms with Crippen LogP contribution in [0.15, 0.2) is 82.1 Å². The van der Waals surface area contributed by atoms with Gasteiger partial charge in [0.1, 0.15) is 5.75 Å². The van der Waals surface area contributed by atoms with E-state index in [0.29, 0.717) is 33.7 Å². The van der Waals surface area contributed by atoms with Gasteiger partial charge >= 0.3 is 0 Å².